The van der Waals surface area contributed by atoms with Crippen molar-refractivity contribution >= 4 is 46.5 Å². The first kappa shape index (κ1) is 25.6. The molecule has 190 valence electrons. The first-order valence-electron chi connectivity index (χ1n) is 11.1. The van der Waals surface area contributed by atoms with Gasteiger partial charge in [-0.3, -0.25) is 19.7 Å². The van der Waals surface area contributed by atoms with E-state index in [0.717, 1.165) is 6.07 Å². The summed E-state index contributed by atoms with van der Waals surface area (Å²) in [6, 6.07) is 9.93. The number of rotatable bonds is 6. The zero-order chi connectivity index (χ0) is 26.7. The van der Waals surface area contributed by atoms with E-state index < -0.39 is 22.7 Å². The van der Waals surface area contributed by atoms with Gasteiger partial charge in [0.25, 0.3) is 17.5 Å². The quantitative estimate of drug-likeness (QED) is 0.270. The number of methoxy groups -OCH3 is 1. The van der Waals surface area contributed by atoms with E-state index in [-0.39, 0.29) is 22.0 Å². The minimum atomic E-state index is -0.673. The van der Waals surface area contributed by atoms with Gasteiger partial charge in [0.1, 0.15) is 10.8 Å². The molecule has 0 radical (unpaired) electrons. The van der Waals surface area contributed by atoms with E-state index in [0.29, 0.717) is 53.1 Å². The minimum absolute atomic E-state index is 0.0266. The molecule has 12 heteroatoms. The molecule has 1 aliphatic carbocycles. The van der Waals surface area contributed by atoms with Crippen LogP contribution in [-0.4, -0.2) is 35.5 Å². The fourth-order valence-electron chi connectivity index (χ4n) is 3.97. The van der Waals surface area contributed by atoms with Gasteiger partial charge < -0.3 is 14.5 Å². The van der Waals surface area contributed by atoms with E-state index in [1.54, 1.807) is 19.1 Å². The molecule has 2 amide bonds. The van der Waals surface area contributed by atoms with Crippen molar-refractivity contribution in [3.63, 3.8) is 0 Å². The molecule has 1 aliphatic rings. The fourth-order valence-corrected chi connectivity index (χ4v) is 4.16. The van der Waals surface area contributed by atoms with Crippen molar-refractivity contribution in [1.82, 2.24) is 5.43 Å². The average Bonchev–Trinajstić information content (AvgIpc) is 3.24. The van der Waals surface area contributed by atoms with Crippen molar-refractivity contribution in [3.8, 4) is 0 Å². The van der Waals surface area contributed by atoms with Gasteiger partial charge in [-0.1, -0.05) is 11.6 Å². The molecule has 37 heavy (non-hydrogen) atoms. The largest absolute Gasteiger partial charge is 0.465 e. The van der Waals surface area contributed by atoms with Crippen molar-refractivity contribution in [2.24, 2.45) is 5.10 Å². The third-order valence-corrected chi connectivity index (χ3v) is 6.11. The molecule has 1 heterocycles. The number of halogens is 1. The van der Waals surface area contributed by atoms with Gasteiger partial charge in [0, 0.05) is 34.9 Å². The first-order valence-corrected chi connectivity index (χ1v) is 11.5. The van der Waals surface area contributed by atoms with Crippen molar-refractivity contribution < 1.29 is 28.5 Å². The van der Waals surface area contributed by atoms with E-state index in [2.05, 4.69) is 20.6 Å². The number of furan rings is 1. The maximum atomic E-state index is 12.9. The van der Waals surface area contributed by atoms with Crippen LogP contribution in [0.1, 0.15) is 61.0 Å². The van der Waals surface area contributed by atoms with Gasteiger partial charge in [-0.15, -0.1) is 0 Å². The molecule has 1 aromatic heterocycles. The number of nitrogens with zero attached hydrogens (tertiary/aromatic N) is 2. The number of hydrazone groups is 1. The summed E-state index contributed by atoms with van der Waals surface area (Å²) in [7, 11) is 1.28. The Bertz CT molecular complexity index is 1440. The zero-order valence-electron chi connectivity index (χ0n) is 19.8. The van der Waals surface area contributed by atoms with Gasteiger partial charge in [0.15, 0.2) is 5.76 Å². The fraction of sp³-hybridized carbons (Fsp3) is 0.200. The number of hydrogen-bond acceptors (Lipinski definition) is 8. The SMILES string of the molecule is COC(=O)c1ccc(NC(=O)c2oc3c(c2C)/C(=N/NC(=O)c2ccc(Cl)c([N+](=O)[O-])c2)CCC3)cc1. The van der Waals surface area contributed by atoms with Crippen molar-refractivity contribution in [2.45, 2.75) is 26.2 Å². The number of carbonyl (C=O) groups excluding carboxylic acids is 3. The summed E-state index contributed by atoms with van der Waals surface area (Å²) in [6.07, 6.45) is 1.81. The monoisotopic (exact) mass is 524 g/mol. The van der Waals surface area contributed by atoms with E-state index in [1.807, 2.05) is 0 Å². The van der Waals surface area contributed by atoms with Crippen LogP contribution in [0.5, 0.6) is 0 Å². The molecule has 0 unspecified atom stereocenters. The zero-order valence-corrected chi connectivity index (χ0v) is 20.5. The Labute approximate surface area is 215 Å². The number of fused-ring (bicyclic) bond motifs is 1. The number of esters is 1. The summed E-state index contributed by atoms with van der Waals surface area (Å²) in [6.45, 7) is 1.73. The third kappa shape index (κ3) is 5.36. The van der Waals surface area contributed by atoms with Crippen LogP contribution < -0.4 is 10.7 Å². The highest BCUT2D eigenvalue weighted by atomic mass is 35.5. The second-order valence-corrected chi connectivity index (χ2v) is 8.56. The van der Waals surface area contributed by atoms with Crippen LogP contribution in [-0.2, 0) is 11.2 Å². The second kappa shape index (κ2) is 10.6. The molecule has 3 aromatic rings. The molecular formula is C25H21ClN4O7. The van der Waals surface area contributed by atoms with Gasteiger partial charge in [-0.05, 0) is 56.2 Å². The number of carbonyl (C=O) groups is 3. The lowest BCUT2D eigenvalue weighted by Gasteiger charge is -2.13. The summed E-state index contributed by atoms with van der Waals surface area (Å²) >= 11 is 5.81. The average molecular weight is 525 g/mol. The maximum absolute atomic E-state index is 12.9. The van der Waals surface area contributed by atoms with Gasteiger partial charge in [0.2, 0.25) is 0 Å². The molecule has 0 fully saturated rings. The Balaban J connectivity index is 1.53. The third-order valence-electron chi connectivity index (χ3n) is 5.79. The van der Waals surface area contributed by atoms with Crippen LogP contribution in [0, 0.1) is 17.0 Å². The normalized spacial score (nSPS) is 13.5. The molecule has 0 atom stereocenters. The maximum Gasteiger partial charge on any atom is 0.337 e. The lowest BCUT2D eigenvalue weighted by atomic mass is 9.93. The Hall–Kier alpha value is -4.51. The molecule has 2 aromatic carbocycles. The summed E-state index contributed by atoms with van der Waals surface area (Å²) in [5.74, 6) is -0.925. The summed E-state index contributed by atoms with van der Waals surface area (Å²) in [5.41, 5.74) is 4.61. The Morgan fingerprint density at radius 3 is 2.46 bits per heavy atom. The molecule has 0 saturated carbocycles. The number of aryl methyl sites for hydroxylation is 1. The number of hydrogen-bond donors (Lipinski definition) is 2. The number of amides is 2. The minimum Gasteiger partial charge on any atom is -0.465 e. The molecule has 0 aliphatic heterocycles. The highest BCUT2D eigenvalue weighted by Crippen LogP contribution is 2.30. The number of nitro groups is 1. The predicted octanol–water partition coefficient (Wildman–Crippen LogP) is 4.66. The lowest BCUT2D eigenvalue weighted by molar-refractivity contribution is -0.384. The van der Waals surface area contributed by atoms with Gasteiger partial charge in [-0.25, -0.2) is 10.2 Å². The Morgan fingerprint density at radius 1 is 1.08 bits per heavy atom. The Morgan fingerprint density at radius 2 is 1.78 bits per heavy atom. The van der Waals surface area contributed by atoms with Gasteiger partial charge >= 0.3 is 5.97 Å². The molecular weight excluding hydrogens is 504 g/mol. The van der Waals surface area contributed by atoms with Crippen LogP contribution in [0.2, 0.25) is 5.02 Å². The number of anilines is 1. The lowest BCUT2D eigenvalue weighted by Crippen LogP contribution is -2.22. The molecule has 0 saturated heterocycles. The van der Waals surface area contributed by atoms with Crippen LogP contribution in [0.4, 0.5) is 11.4 Å². The van der Waals surface area contributed by atoms with Crippen LogP contribution in [0.15, 0.2) is 52.0 Å². The second-order valence-electron chi connectivity index (χ2n) is 8.15. The van der Waals surface area contributed by atoms with E-state index in [9.17, 15) is 24.5 Å². The van der Waals surface area contributed by atoms with E-state index in [1.165, 1.54) is 31.4 Å². The topological polar surface area (TPSA) is 153 Å². The summed E-state index contributed by atoms with van der Waals surface area (Å²) in [4.78, 5) is 47.5. The Kier molecular flexibility index (Phi) is 7.35. The van der Waals surface area contributed by atoms with E-state index in [4.69, 9.17) is 16.0 Å². The van der Waals surface area contributed by atoms with Crippen molar-refractivity contribution in [2.75, 3.05) is 12.4 Å². The van der Waals surface area contributed by atoms with Crippen LogP contribution >= 0.6 is 11.6 Å². The highest BCUT2D eigenvalue weighted by Gasteiger charge is 2.28. The van der Waals surface area contributed by atoms with Crippen molar-refractivity contribution in [3.05, 3.63) is 91.4 Å². The first-order chi connectivity index (χ1) is 17.7. The highest BCUT2D eigenvalue weighted by molar-refractivity contribution is 6.32. The molecule has 0 bridgehead atoms. The smallest absolute Gasteiger partial charge is 0.337 e. The number of ether oxygens (including phenoxy) is 1. The van der Waals surface area contributed by atoms with Crippen LogP contribution in [0.25, 0.3) is 0 Å². The van der Waals surface area contributed by atoms with Gasteiger partial charge in [0.05, 0.1) is 23.3 Å². The summed E-state index contributed by atoms with van der Waals surface area (Å²) in [5, 5.41) is 18.0. The number of nitrogens with one attached hydrogen (secondary N) is 2. The van der Waals surface area contributed by atoms with Crippen LogP contribution in [0.3, 0.4) is 0 Å². The summed E-state index contributed by atoms with van der Waals surface area (Å²) < 4.78 is 10.5. The predicted molar refractivity (Wildman–Crippen MR) is 134 cm³/mol. The standard InChI is InChI=1S/C25H21ClN4O7/c1-13-21-18(28-29-23(31)15-8-11-17(26)19(12-15)30(34)35)4-3-5-20(21)37-22(13)24(32)27-16-9-6-14(7-10-16)25(33)36-2/h6-12H,3-5H2,1-2H3,(H,27,32)(H,29,31)/b28-18+. The van der Waals surface area contributed by atoms with E-state index >= 15 is 0 Å². The molecule has 0 spiro atoms. The molecule has 4 rings (SSSR count). The molecule has 2 N–H and O–H groups in total. The number of benzene rings is 2. The molecule has 11 nitrogen and oxygen atoms in total. The van der Waals surface area contributed by atoms with Gasteiger partial charge in [-0.2, -0.15) is 5.10 Å². The van der Waals surface area contributed by atoms with Crippen molar-refractivity contribution in [1.29, 1.82) is 0 Å². The number of nitro benzene ring substituents is 1.